The molecule has 0 saturated heterocycles. The van der Waals surface area contributed by atoms with Crippen molar-refractivity contribution in [2.24, 2.45) is 0 Å². The van der Waals surface area contributed by atoms with Gasteiger partial charge in [0.1, 0.15) is 0 Å². The highest BCUT2D eigenvalue weighted by molar-refractivity contribution is 7.26. The first kappa shape index (κ1) is 24.6. The van der Waals surface area contributed by atoms with Gasteiger partial charge in [-0.1, -0.05) is 84.9 Å². The molecule has 0 saturated carbocycles. The van der Waals surface area contributed by atoms with Gasteiger partial charge in [0.15, 0.2) is 0 Å². The molecule has 0 fully saturated rings. The number of benzene rings is 6. The summed E-state index contributed by atoms with van der Waals surface area (Å²) in [4.78, 5) is 7.17. The molecule has 0 amide bonds. The number of hydrogen-bond acceptors (Lipinski definition) is 4. The zero-order chi connectivity index (χ0) is 28.3. The number of fused-ring (bicyclic) bond motifs is 7. The van der Waals surface area contributed by atoms with Gasteiger partial charge in [0.05, 0.1) is 16.6 Å². The molecule has 0 spiro atoms. The summed E-state index contributed by atoms with van der Waals surface area (Å²) < 4.78 is 5.08. The number of nitrogens with zero attached hydrogens (tertiary/aromatic N) is 2. The SMILES string of the molecule is c1ccc(-c2ccc(N(c3ccc4sc5ccccc5c4c3)c3cncc4sc5cc6ccccc6cc5c34)cc2)cc1. The van der Waals surface area contributed by atoms with Gasteiger partial charge in [-0.15, -0.1) is 22.7 Å². The van der Waals surface area contributed by atoms with Crippen LogP contribution in [0.25, 0.3) is 62.2 Å². The van der Waals surface area contributed by atoms with Gasteiger partial charge in [-0.3, -0.25) is 4.98 Å². The molecule has 3 heterocycles. The monoisotopic (exact) mass is 584 g/mol. The van der Waals surface area contributed by atoms with E-state index in [0.29, 0.717) is 0 Å². The minimum atomic E-state index is 1.09. The topological polar surface area (TPSA) is 16.1 Å². The minimum Gasteiger partial charge on any atom is -0.308 e. The Balaban J connectivity index is 1.31. The normalized spacial score (nSPS) is 11.7. The maximum absolute atomic E-state index is 4.79. The van der Waals surface area contributed by atoms with Crippen LogP contribution >= 0.6 is 22.7 Å². The molecule has 0 N–H and O–H groups in total. The van der Waals surface area contributed by atoms with E-state index in [1.807, 2.05) is 35.1 Å². The third-order valence-corrected chi connectivity index (χ3v) is 10.6. The third-order valence-electron chi connectivity index (χ3n) is 8.32. The molecule has 43 heavy (non-hydrogen) atoms. The Labute approximate surface area is 256 Å². The number of thiophene rings is 2. The van der Waals surface area contributed by atoms with Gasteiger partial charge < -0.3 is 4.90 Å². The van der Waals surface area contributed by atoms with Crippen molar-refractivity contribution in [3.63, 3.8) is 0 Å². The maximum Gasteiger partial charge on any atom is 0.0738 e. The molecule has 0 radical (unpaired) electrons. The van der Waals surface area contributed by atoms with Gasteiger partial charge in [0.2, 0.25) is 0 Å². The van der Waals surface area contributed by atoms with Crippen LogP contribution in [0.5, 0.6) is 0 Å². The molecule has 0 aliphatic rings. The Morgan fingerprint density at radius 1 is 0.442 bits per heavy atom. The predicted octanol–water partition coefficient (Wildman–Crippen LogP) is 12.1. The highest BCUT2D eigenvalue weighted by Crippen LogP contribution is 2.46. The second kappa shape index (κ2) is 9.77. The van der Waals surface area contributed by atoms with Crippen molar-refractivity contribution in [1.82, 2.24) is 4.98 Å². The Morgan fingerprint density at radius 3 is 1.98 bits per heavy atom. The maximum atomic E-state index is 4.79. The molecule has 202 valence electrons. The lowest BCUT2D eigenvalue weighted by Crippen LogP contribution is -2.10. The quantitative estimate of drug-likeness (QED) is 0.205. The van der Waals surface area contributed by atoms with Gasteiger partial charge in [0, 0.05) is 53.2 Å². The van der Waals surface area contributed by atoms with Crippen LogP contribution in [0.15, 0.2) is 146 Å². The van der Waals surface area contributed by atoms with Crippen LogP contribution in [0, 0.1) is 0 Å². The summed E-state index contributed by atoms with van der Waals surface area (Å²) in [5.74, 6) is 0. The lowest BCUT2D eigenvalue weighted by atomic mass is 10.0. The summed E-state index contributed by atoms with van der Waals surface area (Å²) in [6.45, 7) is 0. The van der Waals surface area contributed by atoms with Gasteiger partial charge in [-0.05, 0) is 70.4 Å². The minimum absolute atomic E-state index is 1.09. The van der Waals surface area contributed by atoms with E-state index >= 15 is 0 Å². The van der Waals surface area contributed by atoms with Crippen LogP contribution in [0.3, 0.4) is 0 Å². The smallest absolute Gasteiger partial charge is 0.0738 e. The summed E-state index contributed by atoms with van der Waals surface area (Å²) in [5.41, 5.74) is 5.73. The fraction of sp³-hybridized carbons (Fsp3) is 0. The van der Waals surface area contributed by atoms with Crippen LogP contribution in [0.1, 0.15) is 0 Å². The largest absolute Gasteiger partial charge is 0.308 e. The summed E-state index contributed by atoms with van der Waals surface area (Å²) in [5, 5.41) is 7.60. The first-order valence-electron chi connectivity index (χ1n) is 14.4. The Morgan fingerprint density at radius 2 is 1.12 bits per heavy atom. The predicted molar refractivity (Wildman–Crippen MR) is 188 cm³/mol. The fourth-order valence-electron chi connectivity index (χ4n) is 6.28. The summed E-state index contributed by atoms with van der Waals surface area (Å²) in [7, 11) is 0. The lowest BCUT2D eigenvalue weighted by Gasteiger charge is -2.26. The molecule has 4 heteroatoms. The fourth-order valence-corrected chi connectivity index (χ4v) is 8.49. The average molecular weight is 585 g/mol. The molecule has 0 aliphatic heterocycles. The summed E-state index contributed by atoms with van der Waals surface area (Å²) in [6.07, 6.45) is 4.05. The zero-order valence-corrected chi connectivity index (χ0v) is 24.7. The second-order valence-electron chi connectivity index (χ2n) is 10.9. The van der Waals surface area contributed by atoms with E-state index in [0.717, 1.165) is 17.1 Å². The van der Waals surface area contributed by atoms with E-state index in [9.17, 15) is 0 Å². The van der Waals surface area contributed by atoms with Crippen molar-refractivity contribution in [1.29, 1.82) is 0 Å². The second-order valence-corrected chi connectivity index (χ2v) is 13.0. The van der Waals surface area contributed by atoms with Gasteiger partial charge in [0.25, 0.3) is 0 Å². The van der Waals surface area contributed by atoms with Crippen LogP contribution in [0.2, 0.25) is 0 Å². The molecule has 9 rings (SSSR count). The lowest BCUT2D eigenvalue weighted by molar-refractivity contribution is 1.26. The molecule has 2 nitrogen and oxygen atoms in total. The van der Waals surface area contributed by atoms with Crippen molar-refractivity contribution in [3.05, 3.63) is 146 Å². The molecule has 0 aliphatic carbocycles. The van der Waals surface area contributed by atoms with Gasteiger partial charge in [-0.2, -0.15) is 0 Å². The third kappa shape index (κ3) is 4.03. The Hall–Kier alpha value is -5.03. The van der Waals surface area contributed by atoms with Crippen LogP contribution < -0.4 is 4.90 Å². The molecule has 0 bridgehead atoms. The molecule has 9 aromatic rings. The Bertz CT molecular complexity index is 2450. The van der Waals surface area contributed by atoms with E-state index in [1.54, 1.807) is 0 Å². The van der Waals surface area contributed by atoms with Crippen LogP contribution in [-0.4, -0.2) is 4.98 Å². The summed E-state index contributed by atoms with van der Waals surface area (Å²) in [6, 6.07) is 48.4. The van der Waals surface area contributed by atoms with Crippen molar-refractivity contribution in [2.45, 2.75) is 0 Å². The summed E-state index contributed by atoms with van der Waals surface area (Å²) >= 11 is 3.67. The van der Waals surface area contributed by atoms with E-state index in [1.165, 1.54) is 62.2 Å². The van der Waals surface area contributed by atoms with Crippen molar-refractivity contribution >= 4 is 90.9 Å². The molecular weight excluding hydrogens is 561 g/mol. The van der Waals surface area contributed by atoms with Crippen molar-refractivity contribution in [2.75, 3.05) is 4.90 Å². The number of anilines is 3. The van der Waals surface area contributed by atoms with Crippen molar-refractivity contribution < 1.29 is 0 Å². The molecule has 0 atom stereocenters. The number of pyridine rings is 1. The standard InChI is InChI=1S/C39H24N2S2/c1-2-8-25(9-3-1)26-14-16-29(17-15-26)41(30-18-19-36-32(22-30)31-12-6-7-13-35(31)42-36)34-23-40-24-38-39(34)33-20-27-10-4-5-11-28(27)21-37(33)43-38/h1-24H. The zero-order valence-electron chi connectivity index (χ0n) is 23.1. The van der Waals surface area contributed by atoms with E-state index in [2.05, 4.69) is 138 Å². The molecule has 0 unspecified atom stereocenters. The highest BCUT2D eigenvalue weighted by Gasteiger charge is 2.20. The van der Waals surface area contributed by atoms with E-state index < -0.39 is 0 Å². The molecule has 6 aromatic carbocycles. The highest BCUT2D eigenvalue weighted by atomic mass is 32.1. The number of rotatable bonds is 4. The van der Waals surface area contributed by atoms with E-state index in [-0.39, 0.29) is 0 Å². The molecular formula is C39H24N2S2. The van der Waals surface area contributed by atoms with Crippen LogP contribution in [0.4, 0.5) is 17.1 Å². The van der Waals surface area contributed by atoms with Crippen molar-refractivity contribution in [3.8, 4) is 11.1 Å². The van der Waals surface area contributed by atoms with Crippen LogP contribution in [-0.2, 0) is 0 Å². The number of aromatic nitrogens is 1. The van der Waals surface area contributed by atoms with Gasteiger partial charge >= 0.3 is 0 Å². The molecule has 3 aromatic heterocycles. The Kier molecular flexibility index (Phi) is 5.58. The average Bonchev–Trinajstić information content (AvgIpc) is 3.62. The van der Waals surface area contributed by atoms with Gasteiger partial charge in [-0.25, -0.2) is 0 Å². The number of hydrogen-bond donors (Lipinski definition) is 0. The first-order chi connectivity index (χ1) is 21.3. The van der Waals surface area contributed by atoms with E-state index in [4.69, 9.17) is 4.98 Å². The first-order valence-corrected chi connectivity index (χ1v) is 16.0.